The van der Waals surface area contributed by atoms with Crippen molar-refractivity contribution >= 4 is 29.1 Å². The van der Waals surface area contributed by atoms with Gasteiger partial charge in [-0.25, -0.2) is 0 Å². The van der Waals surface area contributed by atoms with Crippen molar-refractivity contribution < 1.29 is 9.53 Å². The van der Waals surface area contributed by atoms with Crippen molar-refractivity contribution in [3.63, 3.8) is 0 Å². The number of halogens is 2. The molecule has 1 aromatic rings. The average Bonchev–Trinajstić information content (AvgIpc) is 2.51. The van der Waals surface area contributed by atoms with Gasteiger partial charge in [0.05, 0.1) is 22.6 Å². The molecule has 4 nitrogen and oxygen atoms in total. The smallest absolute Gasteiger partial charge is 0.229 e. The largest absolute Gasteiger partial charge is 0.353 e. The van der Waals surface area contributed by atoms with E-state index in [1.54, 1.807) is 12.1 Å². The van der Waals surface area contributed by atoms with Crippen LogP contribution in [-0.4, -0.2) is 54.7 Å². The van der Waals surface area contributed by atoms with Crippen LogP contribution in [0.5, 0.6) is 0 Å². The lowest BCUT2D eigenvalue weighted by molar-refractivity contribution is -0.194. The fourth-order valence-corrected chi connectivity index (χ4v) is 3.88. The molecule has 0 unspecified atom stereocenters. The number of nitrogens with zero attached hydrogens (tertiary/aromatic N) is 2. The fraction of sp³-hybridized carbons (Fsp3) is 0.588. The van der Waals surface area contributed by atoms with Crippen molar-refractivity contribution in [2.24, 2.45) is 0 Å². The van der Waals surface area contributed by atoms with Gasteiger partial charge in [0.15, 0.2) is 0 Å². The van der Waals surface area contributed by atoms with Gasteiger partial charge in [-0.2, -0.15) is 0 Å². The number of hydrogen-bond donors (Lipinski definition) is 0. The van der Waals surface area contributed by atoms with E-state index >= 15 is 0 Å². The van der Waals surface area contributed by atoms with Crippen LogP contribution in [0.25, 0.3) is 0 Å². The summed E-state index contributed by atoms with van der Waals surface area (Å²) in [5.74, 6) is 0.0927. The number of likely N-dealkylation sites (tertiary alicyclic amines) is 1. The zero-order valence-electron chi connectivity index (χ0n) is 13.5. The zero-order valence-corrected chi connectivity index (χ0v) is 15.0. The Morgan fingerprint density at radius 1 is 1.26 bits per heavy atom. The first kappa shape index (κ1) is 17.0. The van der Waals surface area contributed by atoms with E-state index in [0.29, 0.717) is 22.5 Å². The van der Waals surface area contributed by atoms with Crippen LogP contribution in [0.4, 0.5) is 0 Å². The van der Waals surface area contributed by atoms with Crippen molar-refractivity contribution in [2.75, 3.05) is 20.6 Å². The first-order valence-electron chi connectivity index (χ1n) is 8.01. The lowest BCUT2D eigenvalue weighted by Crippen LogP contribution is -2.58. The van der Waals surface area contributed by atoms with Crippen LogP contribution < -0.4 is 0 Å². The molecule has 0 spiro atoms. The molecule has 0 radical (unpaired) electrons. The Bertz CT molecular complexity index is 594. The molecule has 0 aliphatic carbocycles. The number of amides is 1. The number of benzene rings is 1. The average molecular weight is 357 g/mol. The number of likely N-dealkylation sites (N-methyl/N-ethyl adjacent to an activating group) is 1. The molecule has 3 rings (SSSR count). The highest BCUT2D eigenvalue weighted by atomic mass is 35.5. The number of hydrogen-bond acceptors (Lipinski definition) is 3. The molecule has 126 valence electrons. The third-order valence-corrected chi connectivity index (χ3v) is 5.53. The fourth-order valence-electron chi connectivity index (χ4n) is 3.56. The Morgan fingerprint density at radius 3 is 2.74 bits per heavy atom. The molecule has 1 amide bonds. The predicted molar refractivity (Wildman–Crippen MR) is 91.9 cm³/mol. The van der Waals surface area contributed by atoms with E-state index in [2.05, 4.69) is 19.0 Å². The van der Waals surface area contributed by atoms with Gasteiger partial charge in [-0.3, -0.25) is 4.79 Å². The summed E-state index contributed by atoms with van der Waals surface area (Å²) in [5, 5.41) is 0.993. The highest BCUT2D eigenvalue weighted by molar-refractivity contribution is 6.42. The molecule has 23 heavy (non-hydrogen) atoms. The maximum Gasteiger partial charge on any atom is 0.229 e. The number of ether oxygens (including phenoxy) is 1. The first-order valence-corrected chi connectivity index (χ1v) is 8.76. The van der Waals surface area contributed by atoms with Crippen molar-refractivity contribution in [2.45, 2.75) is 44.1 Å². The molecule has 0 N–H and O–H groups in total. The van der Waals surface area contributed by atoms with Crippen molar-refractivity contribution in [3.05, 3.63) is 33.8 Å². The molecule has 0 aromatic heterocycles. The van der Waals surface area contributed by atoms with E-state index in [1.165, 1.54) is 0 Å². The quantitative estimate of drug-likeness (QED) is 0.833. The molecule has 1 aromatic carbocycles. The standard InChI is InChI=1S/C17H22Cl2N2O2/c1-20(2)14-5-6-17-21(8-7-15(14)23-17)16(22)10-11-3-4-12(18)13(19)9-11/h3-4,9,14-15,17H,5-8,10H2,1-2H3/t14-,15-,17-/m1/s1. The van der Waals surface area contributed by atoms with E-state index < -0.39 is 0 Å². The highest BCUT2D eigenvalue weighted by Crippen LogP contribution is 2.31. The second-order valence-electron chi connectivity index (χ2n) is 6.54. The van der Waals surface area contributed by atoms with Gasteiger partial charge in [0.1, 0.15) is 6.23 Å². The van der Waals surface area contributed by atoms with Crippen molar-refractivity contribution in [1.82, 2.24) is 9.80 Å². The Kier molecular flexibility index (Phi) is 5.16. The first-order chi connectivity index (χ1) is 11.0. The van der Waals surface area contributed by atoms with E-state index in [9.17, 15) is 4.79 Å². The molecule has 3 atom stereocenters. The van der Waals surface area contributed by atoms with Gasteiger partial charge in [-0.15, -0.1) is 0 Å². The summed E-state index contributed by atoms with van der Waals surface area (Å²) in [4.78, 5) is 16.7. The third-order valence-electron chi connectivity index (χ3n) is 4.80. The van der Waals surface area contributed by atoms with Crippen LogP contribution in [0, 0.1) is 0 Å². The number of rotatable bonds is 3. The maximum absolute atomic E-state index is 12.6. The van der Waals surface area contributed by atoms with Crippen LogP contribution in [0.2, 0.25) is 10.0 Å². The summed E-state index contributed by atoms with van der Waals surface area (Å²) in [6.45, 7) is 0.764. The second-order valence-corrected chi connectivity index (χ2v) is 7.35. The lowest BCUT2D eigenvalue weighted by atomic mass is 9.94. The maximum atomic E-state index is 12.6. The molecule has 2 heterocycles. The molecule has 2 aliphatic rings. The number of carbonyl (C=O) groups is 1. The summed E-state index contributed by atoms with van der Waals surface area (Å²) >= 11 is 11.9. The zero-order chi connectivity index (χ0) is 16.6. The van der Waals surface area contributed by atoms with Gasteiger partial charge in [0.2, 0.25) is 5.91 Å². The third kappa shape index (κ3) is 3.66. The van der Waals surface area contributed by atoms with E-state index in [0.717, 1.165) is 31.4 Å². The number of fused-ring (bicyclic) bond motifs is 2. The van der Waals surface area contributed by atoms with Crippen LogP contribution in [0.15, 0.2) is 18.2 Å². The van der Waals surface area contributed by atoms with Crippen LogP contribution in [0.3, 0.4) is 0 Å². The Labute approximate surface area is 147 Å². The van der Waals surface area contributed by atoms with Gasteiger partial charge >= 0.3 is 0 Å². The molecule has 2 aliphatic heterocycles. The Hall–Kier alpha value is -0.810. The van der Waals surface area contributed by atoms with E-state index in [4.69, 9.17) is 27.9 Å². The SMILES string of the molecule is CN(C)[C@@H]1CC[C@H]2O[C@@H]1CCN2C(=O)Cc1ccc(Cl)c(Cl)c1. The van der Waals surface area contributed by atoms with Crippen molar-refractivity contribution in [1.29, 1.82) is 0 Å². The highest BCUT2D eigenvalue weighted by Gasteiger charge is 2.40. The number of carbonyl (C=O) groups excluding carboxylic acids is 1. The second kappa shape index (κ2) is 6.98. The summed E-state index contributed by atoms with van der Waals surface area (Å²) in [6, 6.07) is 5.80. The van der Waals surface area contributed by atoms with Crippen LogP contribution >= 0.6 is 23.2 Å². The van der Waals surface area contributed by atoms with Gasteiger partial charge < -0.3 is 14.5 Å². The molecular formula is C17H22Cl2N2O2. The van der Waals surface area contributed by atoms with Gasteiger partial charge in [-0.05, 0) is 51.1 Å². The Balaban J connectivity index is 1.64. The molecule has 6 heteroatoms. The minimum atomic E-state index is -0.0831. The van der Waals surface area contributed by atoms with E-state index in [1.807, 2.05) is 11.0 Å². The van der Waals surface area contributed by atoms with E-state index in [-0.39, 0.29) is 18.2 Å². The van der Waals surface area contributed by atoms with Crippen molar-refractivity contribution in [3.8, 4) is 0 Å². The minimum absolute atomic E-state index is 0.0831. The molecule has 2 bridgehead atoms. The summed E-state index contributed by atoms with van der Waals surface area (Å²) < 4.78 is 6.13. The summed E-state index contributed by atoms with van der Waals surface area (Å²) in [5.41, 5.74) is 0.883. The van der Waals surface area contributed by atoms with Crippen LogP contribution in [-0.2, 0) is 16.0 Å². The normalized spacial score (nSPS) is 27.3. The molecular weight excluding hydrogens is 335 g/mol. The summed E-state index contributed by atoms with van der Waals surface area (Å²) in [6.07, 6.45) is 3.34. The lowest BCUT2D eigenvalue weighted by Gasteiger charge is -2.48. The van der Waals surface area contributed by atoms with Gasteiger partial charge in [0, 0.05) is 12.6 Å². The topological polar surface area (TPSA) is 32.8 Å². The molecule has 2 saturated heterocycles. The molecule has 2 fully saturated rings. The predicted octanol–water partition coefficient (Wildman–Crippen LogP) is 3.20. The van der Waals surface area contributed by atoms with Gasteiger partial charge in [-0.1, -0.05) is 29.3 Å². The minimum Gasteiger partial charge on any atom is -0.353 e. The van der Waals surface area contributed by atoms with Crippen LogP contribution in [0.1, 0.15) is 24.8 Å². The summed E-state index contributed by atoms with van der Waals surface area (Å²) in [7, 11) is 4.19. The Morgan fingerprint density at radius 2 is 2.04 bits per heavy atom. The molecule has 0 saturated carbocycles. The monoisotopic (exact) mass is 356 g/mol. The van der Waals surface area contributed by atoms with Gasteiger partial charge in [0.25, 0.3) is 0 Å².